The van der Waals surface area contributed by atoms with Crippen LogP contribution in [0.3, 0.4) is 0 Å². The summed E-state index contributed by atoms with van der Waals surface area (Å²) in [6.45, 7) is 0. The van der Waals surface area contributed by atoms with Gasteiger partial charge in [-0.05, 0) is 17.7 Å². The quantitative estimate of drug-likeness (QED) is 0.816. The standard InChI is InChI=1S/C9H6Cl2N2O/c10-6-3-1-5(2-4-6)7-8(11)13-14-9(7)12/h1-4H,12H2. The molecule has 0 radical (unpaired) electrons. The van der Waals surface area contributed by atoms with E-state index in [1.807, 2.05) is 0 Å². The second-order valence-electron chi connectivity index (χ2n) is 2.72. The van der Waals surface area contributed by atoms with Gasteiger partial charge in [-0.25, -0.2) is 0 Å². The third-order valence-electron chi connectivity index (χ3n) is 1.81. The normalized spacial score (nSPS) is 10.4. The summed E-state index contributed by atoms with van der Waals surface area (Å²) < 4.78 is 4.74. The molecule has 1 aromatic heterocycles. The fourth-order valence-corrected chi connectivity index (χ4v) is 1.52. The smallest absolute Gasteiger partial charge is 0.231 e. The lowest BCUT2D eigenvalue weighted by Gasteiger charge is -1.98. The Labute approximate surface area is 90.4 Å². The van der Waals surface area contributed by atoms with Gasteiger partial charge in [0.1, 0.15) is 0 Å². The highest BCUT2D eigenvalue weighted by Crippen LogP contribution is 2.33. The number of benzene rings is 1. The Morgan fingerprint density at radius 2 is 1.79 bits per heavy atom. The van der Waals surface area contributed by atoms with Crippen molar-refractivity contribution in [1.29, 1.82) is 0 Å². The van der Waals surface area contributed by atoms with Crippen molar-refractivity contribution in [3.05, 3.63) is 34.4 Å². The predicted molar refractivity (Wildman–Crippen MR) is 56.4 cm³/mol. The number of nitrogens with two attached hydrogens (primary N) is 1. The first-order chi connectivity index (χ1) is 6.68. The van der Waals surface area contributed by atoms with Gasteiger partial charge in [0, 0.05) is 5.02 Å². The number of anilines is 1. The van der Waals surface area contributed by atoms with Gasteiger partial charge >= 0.3 is 0 Å². The van der Waals surface area contributed by atoms with Crippen molar-refractivity contribution in [2.45, 2.75) is 0 Å². The molecule has 72 valence electrons. The van der Waals surface area contributed by atoms with Crippen molar-refractivity contribution in [1.82, 2.24) is 5.16 Å². The highest BCUT2D eigenvalue weighted by atomic mass is 35.5. The molecule has 0 fully saturated rings. The molecule has 2 aromatic rings. The predicted octanol–water partition coefficient (Wildman–Crippen LogP) is 3.23. The molecule has 0 saturated carbocycles. The molecule has 0 spiro atoms. The molecule has 2 N–H and O–H groups in total. The van der Waals surface area contributed by atoms with Crippen LogP contribution in [0.2, 0.25) is 10.2 Å². The Kier molecular flexibility index (Phi) is 2.35. The molecule has 2 rings (SSSR count). The Morgan fingerprint density at radius 1 is 1.14 bits per heavy atom. The topological polar surface area (TPSA) is 52.0 Å². The molecule has 0 unspecified atom stereocenters. The first-order valence-electron chi connectivity index (χ1n) is 3.85. The maximum Gasteiger partial charge on any atom is 0.231 e. The van der Waals surface area contributed by atoms with Crippen LogP contribution in [0.1, 0.15) is 0 Å². The monoisotopic (exact) mass is 228 g/mol. The number of nitrogen functional groups attached to an aromatic ring is 1. The van der Waals surface area contributed by atoms with E-state index in [-0.39, 0.29) is 11.0 Å². The molecule has 5 heteroatoms. The van der Waals surface area contributed by atoms with Crippen molar-refractivity contribution < 1.29 is 4.52 Å². The van der Waals surface area contributed by atoms with Gasteiger partial charge in [0.25, 0.3) is 0 Å². The van der Waals surface area contributed by atoms with E-state index < -0.39 is 0 Å². The summed E-state index contributed by atoms with van der Waals surface area (Å²) in [6, 6.07) is 7.10. The molecule has 3 nitrogen and oxygen atoms in total. The Hall–Kier alpha value is -1.19. The number of hydrogen-bond donors (Lipinski definition) is 1. The van der Waals surface area contributed by atoms with Gasteiger partial charge in [0.2, 0.25) is 5.88 Å². The van der Waals surface area contributed by atoms with Gasteiger partial charge in [-0.1, -0.05) is 40.5 Å². The second kappa shape index (κ2) is 3.52. The summed E-state index contributed by atoms with van der Waals surface area (Å²) >= 11 is 11.6. The van der Waals surface area contributed by atoms with E-state index >= 15 is 0 Å². The van der Waals surface area contributed by atoms with E-state index in [0.29, 0.717) is 10.6 Å². The maximum atomic E-state index is 5.80. The highest BCUT2D eigenvalue weighted by molar-refractivity contribution is 6.33. The number of rotatable bonds is 1. The molecule has 0 aliphatic rings. The van der Waals surface area contributed by atoms with Gasteiger partial charge in [0.15, 0.2) is 5.15 Å². The van der Waals surface area contributed by atoms with E-state index in [0.717, 1.165) is 5.56 Å². The minimum Gasteiger partial charge on any atom is -0.367 e. The molecule has 0 atom stereocenters. The molecule has 0 aliphatic carbocycles. The van der Waals surface area contributed by atoms with Gasteiger partial charge in [-0.3, -0.25) is 0 Å². The van der Waals surface area contributed by atoms with Gasteiger partial charge in [0.05, 0.1) is 5.56 Å². The SMILES string of the molecule is Nc1onc(Cl)c1-c1ccc(Cl)cc1. The van der Waals surface area contributed by atoms with E-state index in [9.17, 15) is 0 Å². The summed E-state index contributed by atoms with van der Waals surface area (Å²) in [5, 5.41) is 4.45. The average molecular weight is 229 g/mol. The largest absolute Gasteiger partial charge is 0.367 e. The lowest BCUT2D eigenvalue weighted by Crippen LogP contribution is -1.84. The molecule has 0 aliphatic heterocycles. The zero-order chi connectivity index (χ0) is 10.1. The molecular formula is C9H6Cl2N2O. The van der Waals surface area contributed by atoms with Gasteiger partial charge < -0.3 is 10.3 Å². The fourth-order valence-electron chi connectivity index (χ4n) is 1.16. The van der Waals surface area contributed by atoms with E-state index in [1.165, 1.54) is 0 Å². The van der Waals surface area contributed by atoms with Crippen molar-refractivity contribution in [2.75, 3.05) is 5.73 Å². The van der Waals surface area contributed by atoms with Crippen LogP contribution >= 0.6 is 23.2 Å². The van der Waals surface area contributed by atoms with Gasteiger partial charge in [-0.15, -0.1) is 0 Å². The molecule has 0 saturated heterocycles. The molecule has 14 heavy (non-hydrogen) atoms. The van der Waals surface area contributed by atoms with Crippen LogP contribution < -0.4 is 5.73 Å². The number of nitrogens with zero attached hydrogens (tertiary/aromatic N) is 1. The molecule has 1 aromatic carbocycles. The van der Waals surface area contributed by atoms with Crippen LogP contribution in [0, 0.1) is 0 Å². The molecule has 1 heterocycles. The number of aromatic nitrogens is 1. The van der Waals surface area contributed by atoms with Crippen LogP contribution in [-0.2, 0) is 0 Å². The molecule has 0 bridgehead atoms. The average Bonchev–Trinajstić information content (AvgIpc) is 2.49. The first-order valence-corrected chi connectivity index (χ1v) is 4.60. The van der Waals surface area contributed by atoms with Crippen LogP contribution in [0.15, 0.2) is 28.8 Å². The third kappa shape index (κ3) is 1.56. The lowest BCUT2D eigenvalue weighted by molar-refractivity contribution is 0.437. The Bertz CT molecular complexity index is 431. The summed E-state index contributed by atoms with van der Waals surface area (Å²) in [5.74, 6) is 0.206. The maximum absolute atomic E-state index is 5.80. The van der Waals surface area contributed by atoms with Crippen molar-refractivity contribution in [2.24, 2.45) is 0 Å². The van der Waals surface area contributed by atoms with Crippen molar-refractivity contribution in [3.63, 3.8) is 0 Å². The van der Waals surface area contributed by atoms with Crippen LogP contribution in [0.5, 0.6) is 0 Å². The summed E-state index contributed by atoms with van der Waals surface area (Å²) in [6.07, 6.45) is 0. The highest BCUT2D eigenvalue weighted by Gasteiger charge is 2.13. The van der Waals surface area contributed by atoms with Gasteiger partial charge in [-0.2, -0.15) is 0 Å². The first kappa shape index (κ1) is 9.37. The van der Waals surface area contributed by atoms with Crippen molar-refractivity contribution >= 4 is 29.1 Å². The Balaban J connectivity index is 2.54. The minimum atomic E-state index is 0.206. The lowest BCUT2D eigenvalue weighted by atomic mass is 10.1. The number of hydrogen-bond acceptors (Lipinski definition) is 3. The Morgan fingerprint density at radius 3 is 2.29 bits per heavy atom. The van der Waals surface area contributed by atoms with E-state index in [1.54, 1.807) is 24.3 Å². The minimum absolute atomic E-state index is 0.206. The van der Waals surface area contributed by atoms with E-state index in [2.05, 4.69) is 5.16 Å². The fraction of sp³-hybridized carbons (Fsp3) is 0. The third-order valence-corrected chi connectivity index (χ3v) is 2.32. The summed E-state index contributed by atoms with van der Waals surface area (Å²) in [4.78, 5) is 0. The zero-order valence-corrected chi connectivity index (χ0v) is 8.51. The van der Waals surface area contributed by atoms with Crippen LogP contribution in [0.25, 0.3) is 11.1 Å². The summed E-state index contributed by atoms with van der Waals surface area (Å²) in [5.41, 5.74) is 7.00. The molecule has 0 amide bonds. The number of halogens is 2. The van der Waals surface area contributed by atoms with E-state index in [4.69, 9.17) is 33.5 Å². The van der Waals surface area contributed by atoms with Crippen LogP contribution in [-0.4, -0.2) is 5.16 Å². The molecular weight excluding hydrogens is 223 g/mol. The van der Waals surface area contributed by atoms with Crippen molar-refractivity contribution in [3.8, 4) is 11.1 Å². The summed E-state index contributed by atoms with van der Waals surface area (Å²) in [7, 11) is 0. The second-order valence-corrected chi connectivity index (χ2v) is 3.51. The zero-order valence-electron chi connectivity index (χ0n) is 7.00. The van der Waals surface area contributed by atoms with Crippen LogP contribution in [0.4, 0.5) is 5.88 Å².